The normalized spacial score (nSPS) is 14.1. The first-order chi connectivity index (χ1) is 5.54. The molecule has 70 valence electrons. The predicted molar refractivity (Wildman–Crippen MR) is 54.5 cm³/mol. The SMILES string of the molecule is C/C(N)=C(\C)C=NCCN(C)C. The molecule has 3 heteroatoms. The van der Waals surface area contributed by atoms with Crippen molar-refractivity contribution in [3.63, 3.8) is 0 Å². The molecule has 0 fully saturated rings. The maximum atomic E-state index is 5.56. The van der Waals surface area contributed by atoms with Crippen molar-refractivity contribution < 1.29 is 0 Å². The van der Waals surface area contributed by atoms with E-state index in [4.69, 9.17) is 5.73 Å². The van der Waals surface area contributed by atoms with Crippen LogP contribution in [0.1, 0.15) is 13.8 Å². The molecule has 0 aromatic heterocycles. The van der Waals surface area contributed by atoms with Crippen molar-refractivity contribution in [2.24, 2.45) is 10.7 Å². The van der Waals surface area contributed by atoms with E-state index in [-0.39, 0.29) is 0 Å². The third-order valence-electron chi connectivity index (χ3n) is 1.58. The van der Waals surface area contributed by atoms with Crippen molar-refractivity contribution >= 4 is 6.21 Å². The highest BCUT2D eigenvalue weighted by Crippen LogP contribution is 1.91. The van der Waals surface area contributed by atoms with E-state index in [1.54, 1.807) is 0 Å². The fraction of sp³-hybridized carbons (Fsp3) is 0.667. The van der Waals surface area contributed by atoms with Crippen molar-refractivity contribution in [1.29, 1.82) is 0 Å². The maximum absolute atomic E-state index is 5.56. The third-order valence-corrected chi connectivity index (χ3v) is 1.58. The molecule has 3 nitrogen and oxygen atoms in total. The van der Waals surface area contributed by atoms with E-state index in [9.17, 15) is 0 Å². The number of hydrogen-bond donors (Lipinski definition) is 1. The van der Waals surface area contributed by atoms with E-state index in [0.717, 1.165) is 24.4 Å². The van der Waals surface area contributed by atoms with Crippen LogP contribution in [0.5, 0.6) is 0 Å². The molecule has 0 spiro atoms. The van der Waals surface area contributed by atoms with Gasteiger partial charge in [0.25, 0.3) is 0 Å². The first-order valence-electron chi connectivity index (χ1n) is 4.11. The number of likely N-dealkylation sites (N-methyl/N-ethyl adjacent to an activating group) is 1. The van der Waals surface area contributed by atoms with Gasteiger partial charge in [-0.2, -0.15) is 0 Å². The molecule has 0 saturated carbocycles. The molecule has 0 radical (unpaired) electrons. The molecule has 0 aromatic carbocycles. The van der Waals surface area contributed by atoms with Crippen LogP contribution in [0.3, 0.4) is 0 Å². The number of hydrogen-bond acceptors (Lipinski definition) is 3. The average molecular weight is 169 g/mol. The third kappa shape index (κ3) is 5.92. The fourth-order valence-electron chi connectivity index (χ4n) is 0.561. The monoisotopic (exact) mass is 169 g/mol. The average Bonchev–Trinajstić information content (AvgIpc) is 1.97. The second-order valence-electron chi connectivity index (χ2n) is 3.20. The second-order valence-corrected chi connectivity index (χ2v) is 3.20. The Morgan fingerprint density at radius 1 is 1.42 bits per heavy atom. The molecule has 2 N–H and O–H groups in total. The Morgan fingerprint density at radius 3 is 2.42 bits per heavy atom. The van der Waals surface area contributed by atoms with E-state index in [1.165, 1.54) is 0 Å². The van der Waals surface area contributed by atoms with Gasteiger partial charge in [0.2, 0.25) is 0 Å². The van der Waals surface area contributed by atoms with Crippen LogP contribution in [-0.2, 0) is 0 Å². The maximum Gasteiger partial charge on any atom is 0.0516 e. The summed E-state index contributed by atoms with van der Waals surface area (Å²) in [6.07, 6.45) is 1.83. The van der Waals surface area contributed by atoms with Gasteiger partial charge in [0, 0.05) is 18.5 Å². The lowest BCUT2D eigenvalue weighted by molar-refractivity contribution is 0.421. The molecule has 0 atom stereocenters. The Balaban J connectivity index is 3.70. The first kappa shape index (κ1) is 11.2. The van der Waals surface area contributed by atoms with Crippen molar-refractivity contribution in [3.8, 4) is 0 Å². The summed E-state index contributed by atoms with van der Waals surface area (Å²) < 4.78 is 0. The highest BCUT2D eigenvalue weighted by molar-refractivity contribution is 5.78. The highest BCUT2D eigenvalue weighted by atomic mass is 15.1. The molecule has 0 aliphatic rings. The lowest BCUT2D eigenvalue weighted by Gasteiger charge is -2.05. The molecule has 0 heterocycles. The van der Waals surface area contributed by atoms with Gasteiger partial charge in [0.05, 0.1) is 6.54 Å². The summed E-state index contributed by atoms with van der Waals surface area (Å²) in [7, 11) is 4.07. The highest BCUT2D eigenvalue weighted by Gasteiger charge is 1.88. The summed E-state index contributed by atoms with van der Waals surface area (Å²) in [6.45, 7) is 5.66. The summed E-state index contributed by atoms with van der Waals surface area (Å²) >= 11 is 0. The summed E-state index contributed by atoms with van der Waals surface area (Å²) in [5.74, 6) is 0. The number of nitrogens with zero attached hydrogens (tertiary/aromatic N) is 2. The number of nitrogens with two attached hydrogens (primary N) is 1. The molecule has 0 bridgehead atoms. The molecule has 0 rings (SSSR count). The van der Waals surface area contributed by atoms with Gasteiger partial charge < -0.3 is 10.6 Å². The topological polar surface area (TPSA) is 41.6 Å². The second kappa shape index (κ2) is 5.77. The van der Waals surface area contributed by atoms with Gasteiger partial charge in [-0.05, 0) is 33.5 Å². The zero-order valence-corrected chi connectivity index (χ0v) is 8.46. The van der Waals surface area contributed by atoms with Crippen LogP contribution < -0.4 is 5.73 Å². The molecule has 0 saturated heterocycles. The van der Waals surface area contributed by atoms with Crippen LogP contribution >= 0.6 is 0 Å². The van der Waals surface area contributed by atoms with E-state index in [2.05, 4.69) is 9.89 Å². The molecule has 12 heavy (non-hydrogen) atoms. The van der Waals surface area contributed by atoms with Gasteiger partial charge in [-0.15, -0.1) is 0 Å². The Bertz CT molecular complexity index is 176. The zero-order valence-electron chi connectivity index (χ0n) is 8.46. The van der Waals surface area contributed by atoms with Crippen LogP contribution in [0.2, 0.25) is 0 Å². The molecule has 0 aliphatic heterocycles. The fourth-order valence-corrected chi connectivity index (χ4v) is 0.561. The predicted octanol–water partition coefficient (Wildman–Crippen LogP) is 0.871. The van der Waals surface area contributed by atoms with Gasteiger partial charge in [0.1, 0.15) is 0 Å². The van der Waals surface area contributed by atoms with Crippen LogP contribution in [0.15, 0.2) is 16.3 Å². The molecule has 0 amide bonds. The van der Waals surface area contributed by atoms with Crippen molar-refractivity contribution in [3.05, 3.63) is 11.3 Å². The van der Waals surface area contributed by atoms with Gasteiger partial charge in [-0.3, -0.25) is 4.99 Å². The van der Waals surface area contributed by atoms with Crippen LogP contribution in [-0.4, -0.2) is 38.3 Å². The number of allylic oxidation sites excluding steroid dienone is 2. The Kier molecular flexibility index (Phi) is 5.37. The number of aliphatic imine (C=N–C) groups is 1. The minimum absolute atomic E-state index is 0.831. The Morgan fingerprint density at radius 2 is 2.00 bits per heavy atom. The van der Waals surface area contributed by atoms with Crippen molar-refractivity contribution in [1.82, 2.24) is 4.90 Å². The minimum atomic E-state index is 0.831. The van der Waals surface area contributed by atoms with E-state index in [0.29, 0.717) is 0 Å². The molecule has 0 unspecified atom stereocenters. The minimum Gasteiger partial charge on any atom is -0.402 e. The van der Waals surface area contributed by atoms with Gasteiger partial charge in [0.15, 0.2) is 0 Å². The summed E-state index contributed by atoms with van der Waals surface area (Å²) in [5, 5.41) is 0. The standard InChI is InChI=1S/C9H19N3/c1-8(9(2)10)7-11-5-6-12(3)4/h7H,5-6,10H2,1-4H3/b9-8-,11-7?. The summed E-state index contributed by atoms with van der Waals surface area (Å²) in [6, 6.07) is 0. The van der Waals surface area contributed by atoms with Gasteiger partial charge >= 0.3 is 0 Å². The lowest BCUT2D eigenvalue weighted by Crippen LogP contribution is -2.15. The summed E-state index contributed by atoms with van der Waals surface area (Å²) in [4.78, 5) is 6.33. The van der Waals surface area contributed by atoms with Crippen molar-refractivity contribution in [2.45, 2.75) is 13.8 Å². The Hall–Kier alpha value is -0.830. The molecular formula is C9H19N3. The first-order valence-corrected chi connectivity index (χ1v) is 4.11. The largest absolute Gasteiger partial charge is 0.402 e. The Labute approximate surface area is 75.0 Å². The lowest BCUT2D eigenvalue weighted by atomic mass is 10.3. The van der Waals surface area contributed by atoms with Gasteiger partial charge in [-0.25, -0.2) is 0 Å². The molecule has 0 aromatic rings. The molecule has 0 aliphatic carbocycles. The van der Waals surface area contributed by atoms with Crippen LogP contribution in [0.25, 0.3) is 0 Å². The van der Waals surface area contributed by atoms with Crippen LogP contribution in [0, 0.1) is 0 Å². The van der Waals surface area contributed by atoms with E-state index < -0.39 is 0 Å². The van der Waals surface area contributed by atoms with Crippen molar-refractivity contribution in [2.75, 3.05) is 27.2 Å². The van der Waals surface area contributed by atoms with E-state index in [1.807, 2.05) is 34.2 Å². The van der Waals surface area contributed by atoms with Gasteiger partial charge in [-0.1, -0.05) is 0 Å². The number of rotatable bonds is 4. The van der Waals surface area contributed by atoms with Crippen LogP contribution in [0.4, 0.5) is 0 Å². The zero-order chi connectivity index (χ0) is 9.56. The summed E-state index contributed by atoms with van der Waals surface area (Å²) in [5.41, 5.74) is 7.44. The smallest absolute Gasteiger partial charge is 0.0516 e. The van der Waals surface area contributed by atoms with E-state index >= 15 is 0 Å². The molecular weight excluding hydrogens is 150 g/mol. The quantitative estimate of drug-likeness (QED) is 0.634.